The lowest BCUT2D eigenvalue weighted by Crippen LogP contribution is -2.32. The molecule has 0 unspecified atom stereocenters. The molecule has 0 aromatic carbocycles. The van der Waals surface area contributed by atoms with Gasteiger partial charge in [-0.05, 0) is 37.3 Å². The summed E-state index contributed by atoms with van der Waals surface area (Å²) in [5.74, 6) is -0.0617. The fourth-order valence-corrected chi connectivity index (χ4v) is 3.84. The van der Waals surface area contributed by atoms with Crippen LogP contribution in [0.4, 0.5) is 0 Å². The van der Waals surface area contributed by atoms with Crippen molar-refractivity contribution in [1.29, 1.82) is 0 Å². The molecule has 3 aromatic heterocycles. The molecule has 4 rings (SSSR count). The number of carbonyl (C=O) groups is 1. The third-order valence-electron chi connectivity index (χ3n) is 4.33. The van der Waals surface area contributed by atoms with Gasteiger partial charge in [0.05, 0.1) is 27.2 Å². The molecule has 1 N–H and O–H groups in total. The molecule has 23 heavy (non-hydrogen) atoms. The van der Waals surface area contributed by atoms with Gasteiger partial charge >= 0.3 is 0 Å². The van der Waals surface area contributed by atoms with Crippen LogP contribution in [0.1, 0.15) is 41.7 Å². The van der Waals surface area contributed by atoms with E-state index in [-0.39, 0.29) is 11.9 Å². The minimum Gasteiger partial charge on any atom is -0.349 e. The molecule has 1 amide bonds. The highest BCUT2D eigenvalue weighted by Gasteiger charge is 2.23. The Labute approximate surface area is 137 Å². The molecule has 0 bridgehead atoms. The highest BCUT2D eigenvalue weighted by molar-refractivity contribution is 7.13. The monoisotopic (exact) mass is 327 g/mol. The summed E-state index contributed by atoms with van der Waals surface area (Å²) in [6, 6.07) is 6.08. The Morgan fingerprint density at radius 1 is 1.39 bits per heavy atom. The maximum absolute atomic E-state index is 12.8. The Morgan fingerprint density at radius 2 is 2.22 bits per heavy atom. The maximum Gasteiger partial charge on any atom is 0.259 e. The standard InChI is InChI=1S/C17H17N3O2S/c1-10-15-12(16(21)18-11-5-2-3-6-11)9-13(14-7-4-8-23-14)19-17(15)22-20-10/h4,7-9,11H,2-3,5-6H2,1H3,(H,18,21). The van der Waals surface area contributed by atoms with E-state index < -0.39 is 0 Å². The van der Waals surface area contributed by atoms with Gasteiger partial charge in [0.2, 0.25) is 0 Å². The predicted molar refractivity (Wildman–Crippen MR) is 89.6 cm³/mol. The van der Waals surface area contributed by atoms with Crippen molar-refractivity contribution < 1.29 is 9.32 Å². The second-order valence-electron chi connectivity index (χ2n) is 5.94. The second kappa shape index (κ2) is 5.77. The first kappa shape index (κ1) is 14.4. The van der Waals surface area contributed by atoms with Crippen LogP contribution in [0.3, 0.4) is 0 Å². The van der Waals surface area contributed by atoms with Crippen LogP contribution in [0.15, 0.2) is 28.1 Å². The van der Waals surface area contributed by atoms with Gasteiger partial charge in [-0.15, -0.1) is 11.3 Å². The van der Waals surface area contributed by atoms with Crippen LogP contribution in [0.5, 0.6) is 0 Å². The number of rotatable bonds is 3. The SMILES string of the molecule is Cc1noc2nc(-c3cccs3)cc(C(=O)NC3CCCC3)c12. The topological polar surface area (TPSA) is 68.0 Å². The second-order valence-corrected chi connectivity index (χ2v) is 6.88. The minimum atomic E-state index is -0.0617. The Hall–Kier alpha value is -2.21. The molecule has 1 aliphatic rings. The van der Waals surface area contributed by atoms with E-state index in [9.17, 15) is 4.79 Å². The summed E-state index contributed by atoms with van der Waals surface area (Å²) in [6.45, 7) is 1.84. The van der Waals surface area contributed by atoms with Crippen LogP contribution in [0.2, 0.25) is 0 Å². The van der Waals surface area contributed by atoms with Gasteiger partial charge in [0, 0.05) is 6.04 Å². The van der Waals surface area contributed by atoms with Crippen molar-refractivity contribution in [3.05, 3.63) is 34.8 Å². The summed E-state index contributed by atoms with van der Waals surface area (Å²) in [6.07, 6.45) is 4.48. The van der Waals surface area contributed by atoms with E-state index in [1.54, 1.807) is 11.3 Å². The molecule has 118 valence electrons. The lowest BCUT2D eigenvalue weighted by atomic mass is 10.1. The number of hydrogen-bond acceptors (Lipinski definition) is 5. The molecule has 0 spiro atoms. The summed E-state index contributed by atoms with van der Waals surface area (Å²) in [4.78, 5) is 18.3. The van der Waals surface area contributed by atoms with Gasteiger partial charge in [0.1, 0.15) is 0 Å². The van der Waals surface area contributed by atoms with Crippen molar-refractivity contribution in [2.75, 3.05) is 0 Å². The number of aryl methyl sites for hydroxylation is 1. The molecular formula is C17H17N3O2S. The van der Waals surface area contributed by atoms with Gasteiger partial charge in [-0.3, -0.25) is 4.79 Å². The van der Waals surface area contributed by atoms with Gasteiger partial charge in [-0.2, -0.15) is 0 Å². The fourth-order valence-electron chi connectivity index (χ4n) is 3.16. The summed E-state index contributed by atoms with van der Waals surface area (Å²) < 4.78 is 5.31. The number of pyridine rings is 1. The number of nitrogens with zero attached hydrogens (tertiary/aromatic N) is 2. The lowest BCUT2D eigenvalue weighted by Gasteiger charge is -2.12. The first-order valence-electron chi connectivity index (χ1n) is 7.84. The molecule has 0 aliphatic heterocycles. The van der Waals surface area contributed by atoms with E-state index in [1.165, 1.54) is 12.8 Å². The first-order chi connectivity index (χ1) is 11.2. The molecule has 6 heteroatoms. The molecule has 0 saturated heterocycles. The molecule has 3 heterocycles. The Kier molecular flexibility index (Phi) is 3.61. The summed E-state index contributed by atoms with van der Waals surface area (Å²) in [7, 11) is 0. The number of carbonyl (C=O) groups excluding carboxylic acids is 1. The van der Waals surface area contributed by atoms with Crippen LogP contribution in [0.25, 0.3) is 21.7 Å². The number of thiophene rings is 1. The average Bonchev–Trinajstić information content (AvgIpc) is 3.28. The van der Waals surface area contributed by atoms with Gasteiger partial charge in [-0.25, -0.2) is 4.98 Å². The summed E-state index contributed by atoms with van der Waals surface area (Å²) in [5, 5.41) is 9.82. The van der Waals surface area contributed by atoms with E-state index in [1.807, 2.05) is 30.5 Å². The third kappa shape index (κ3) is 2.63. The molecule has 0 radical (unpaired) electrons. The zero-order valence-electron chi connectivity index (χ0n) is 12.8. The van der Waals surface area contributed by atoms with Crippen molar-refractivity contribution in [3.63, 3.8) is 0 Å². The third-order valence-corrected chi connectivity index (χ3v) is 5.22. The normalized spacial score (nSPS) is 15.3. The van der Waals surface area contributed by atoms with E-state index in [0.29, 0.717) is 22.4 Å². The molecule has 1 fully saturated rings. The van der Waals surface area contributed by atoms with Crippen molar-refractivity contribution in [1.82, 2.24) is 15.5 Å². The van der Waals surface area contributed by atoms with Crippen molar-refractivity contribution >= 4 is 28.3 Å². The lowest BCUT2D eigenvalue weighted by molar-refractivity contribution is 0.0939. The molecule has 1 aliphatic carbocycles. The maximum atomic E-state index is 12.8. The Morgan fingerprint density at radius 3 is 2.96 bits per heavy atom. The largest absolute Gasteiger partial charge is 0.349 e. The van der Waals surface area contributed by atoms with Crippen molar-refractivity contribution in [2.24, 2.45) is 0 Å². The van der Waals surface area contributed by atoms with Crippen LogP contribution >= 0.6 is 11.3 Å². The van der Waals surface area contributed by atoms with Gasteiger partial charge in [-0.1, -0.05) is 24.1 Å². The first-order valence-corrected chi connectivity index (χ1v) is 8.72. The van der Waals surface area contributed by atoms with Crippen LogP contribution < -0.4 is 5.32 Å². The van der Waals surface area contributed by atoms with Gasteiger partial charge < -0.3 is 9.84 Å². The van der Waals surface area contributed by atoms with Crippen LogP contribution in [-0.4, -0.2) is 22.1 Å². The molecular weight excluding hydrogens is 310 g/mol. The number of hydrogen-bond donors (Lipinski definition) is 1. The number of nitrogens with one attached hydrogen (secondary N) is 1. The number of aromatic nitrogens is 2. The van der Waals surface area contributed by atoms with Crippen molar-refractivity contribution in [2.45, 2.75) is 38.6 Å². The van der Waals surface area contributed by atoms with Gasteiger partial charge in [0.25, 0.3) is 11.6 Å². The van der Waals surface area contributed by atoms with E-state index in [2.05, 4.69) is 15.5 Å². The molecule has 0 atom stereocenters. The molecule has 3 aromatic rings. The minimum absolute atomic E-state index is 0.0617. The molecule has 5 nitrogen and oxygen atoms in total. The number of fused-ring (bicyclic) bond motifs is 1. The van der Waals surface area contributed by atoms with E-state index in [0.717, 1.165) is 23.4 Å². The van der Waals surface area contributed by atoms with E-state index >= 15 is 0 Å². The summed E-state index contributed by atoms with van der Waals surface area (Å²) >= 11 is 1.59. The zero-order chi connectivity index (χ0) is 15.8. The number of amides is 1. The highest BCUT2D eigenvalue weighted by Crippen LogP contribution is 2.29. The van der Waals surface area contributed by atoms with Crippen LogP contribution in [0, 0.1) is 6.92 Å². The van der Waals surface area contributed by atoms with Gasteiger partial charge in [0.15, 0.2) is 0 Å². The average molecular weight is 327 g/mol. The molecule has 1 saturated carbocycles. The van der Waals surface area contributed by atoms with Crippen LogP contribution in [-0.2, 0) is 0 Å². The quantitative estimate of drug-likeness (QED) is 0.791. The highest BCUT2D eigenvalue weighted by atomic mass is 32.1. The predicted octanol–water partition coefficient (Wildman–Crippen LogP) is 3.93. The van der Waals surface area contributed by atoms with E-state index in [4.69, 9.17) is 4.52 Å². The smallest absolute Gasteiger partial charge is 0.259 e. The zero-order valence-corrected chi connectivity index (χ0v) is 13.7. The van der Waals surface area contributed by atoms with Crippen molar-refractivity contribution in [3.8, 4) is 10.6 Å². The fraction of sp³-hybridized carbons (Fsp3) is 0.353. The summed E-state index contributed by atoms with van der Waals surface area (Å²) in [5.41, 5.74) is 2.47. The Balaban J connectivity index is 1.79. The Bertz CT molecular complexity index is 848.